The summed E-state index contributed by atoms with van der Waals surface area (Å²) in [6.07, 6.45) is 3.23. The molecule has 10 heavy (non-hydrogen) atoms. The lowest BCUT2D eigenvalue weighted by Crippen LogP contribution is -2.29. The predicted octanol–water partition coefficient (Wildman–Crippen LogP) is 0.898. The van der Waals surface area contributed by atoms with Crippen molar-refractivity contribution in [3.05, 3.63) is 0 Å². The molecule has 0 aromatic carbocycles. The summed E-state index contributed by atoms with van der Waals surface area (Å²) in [6, 6.07) is 0.867. The van der Waals surface area contributed by atoms with Crippen LogP contribution in [0.3, 0.4) is 0 Å². The number of nitrogens with one attached hydrogen (secondary N) is 1. The molecule has 1 rings (SSSR count). The topological polar surface area (TPSA) is 32.3 Å². The summed E-state index contributed by atoms with van der Waals surface area (Å²) in [4.78, 5) is 0. The highest BCUT2D eigenvalue weighted by Crippen LogP contribution is 2.16. The first kappa shape index (κ1) is 8.02. The number of aliphatic hydroxyl groups is 1. The van der Waals surface area contributed by atoms with Crippen molar-refractivity contribution in [3.63, 3.8) is 0 Å². The maximum Gasteiger partial charge on any atom is 0.0705 e. The van der Waals surface area contributed by atoms with Crippen molar-refractivity contribution in [1.82, 2.24) is 5.32 Å². The van der Waals surface area contributed by atoms with Crippen LogP contribution in [0.1, 0.15) is 33.1 Å². The molecule has 0 amide bonds. The van der Waals surface area contributed by atoms with Crippen LogP contribution in [-0.4, -0.2) is 23.3 Å². The summed E-state index contributed by atoms with van der Waals surface area (Å²) in [6.45, 7) is 4.22. The summed E-state index contributed by atoms with van der Waals surface area (Å²) < 4.78 is 0. The van der Waals surface area contributed by atoms with E-state index in [0.717, 1.165) is 6.42 Å². The van der Waals surface area contributed by atoms with E-state index in [-0.39, 0.29) is 6.10 Å². The summed E-state index contributed by atoms with van der Waals surface area (Å²) in [5.74, 6) is 0. The normalized spacial score (nSPS) is 40.5. The number of rotatable bonds is 2. The van der Waals surface area contributed by atoms with Gasteiger partial charge in [-0.15, -0.1) is 0 Å². The first-order valence-corrected chi connectivity index (χ1v) is 4.18. The van der Waals surface area contributed by atoms with Gasteiger partial charge in [-0.3, -0.25) is 0 Å². The lowest BCUT2D eigenvalue weighted by atomic mass is 10.1. The van der Waals surface area contributed by atoms with Crippen LogP contribution >= 0.6 is 0 Å². The third kappa shape index (κ3) is 1.70. The predicted molar refractivity (Wildman–Crippen MR) is 41.9 cm³/mol. The molecule has 0 aromatic heterocycles. The maximum absolute atomic E-state index is 9.33. The van der Waals surface area contributed by atoms with Crippen LogP contribution in [-0.2, 0) is 0 Å². The molecule has 0 spiro atoms. The molecule has 3 atom stereocenters. The van der Waals surface area contributed by atoms with Crippen LogP contribution in [0.15, 0.2) is 0 Å². The van der Waals surface area contributed by atoms with E-state index in [4.69, 9.17) is 0 Å². The third-order valence-corrected chi connectivity index (χ3v) is 2.24. The molecule has 2 heteroatoms. The Balaban J connectivity index is 2.27. The first-order chi connectivity index (χ1) is 4.74. The summed E-state index contributed by atoms with van der Waals surface area (Å²) >= 11 is 0. The summed E-state index contributed by atoms with van der Waals surface area (Å²) in [5, 5.41) is 12.7. The Morgan fingerprint density at radius 2 is 2.30 bits per heavy atom. The van der Waals surface area contributed by atoms with Gasteiger partial charge in [0.15, 0.2) is 0 Å². The van der Waals surface area contributed by atoms with Crippen molar-refractivity contribution in [2.24, 2.45) is 0 Å². The standard InChI is InChI=1S/C8H17NO/c1-3-4-7-5-8(10)6(2)9-7/h6-10H,3-5H2,1-2H3/t6-,7+,8+/m1/s1. The van der Waals surface area contributed by atoms with Crippen LogP contribution in [0.25, 0.3) is 0 Å². The van der Waals surface area contributed by atoms with E-state index in [9.17, 15) is 5.11 Å². The SMILES string of the molecule is CCC[C@H]1C[C@H](O)[C@@H](C)N1. The second kappa shape index (κ2) is 3.35. The van der Waals surface area contributed by atoms with Crippen molar-refractivity contribution < 1.29 is 5.11 Å². The number of hydrogen-bond acceptors (Lipinski definition) is 2. The Labute approximate surface area is 62.6 Å². The fourth-order valence-electron chi connectivity index (χ4n) is 1.60. The Bertz CT molecular complexity index is 95.4. The molecule has 2 N–H and O–H groups in total. The molecule has 0 aliphatic carbocycles. The molecular formula is C8H17NO. The molecule has 1 saturated heterocycles. The minimum atomic E-state index is -0.114. The molecule has 1 aliphatic rings. The van der Waals surface area contributed by atoms with E-state index < -0.39 is 0 Å². The van der Waals surface area contributed by atoms with Gasteiger partial charge in [-0.25, -0.2) is 0 Å². The van der Waals surface area contributed by atoms with E-state index in [2.05, 4.69) is 12.2 Å². The zero-order valence-corrected chi connectivity index (χ0v) is 6.80. The largest absolute Gasteiger partial charge is 0.391 e. The lowest BCUT2D eigenvalue weighted by molar-refractivity contribution is 0.164. The van der Waals surface area contributed by atoms with Crippen molar-refractivity contribution in [1.29, 1.82) is 0 Å². The minimum Gasteiger partial charge on any atom is -0.391 e. The van der Waals surface area contributed by atoms with Gasteiger partial charge < -0.3 is 10.4 Å². The van der Waals surface area contributed by atoms with E-state index >= 15 is 0 Å². The van der Waals surface area contributed by atoms with Crippen molar-refractivity contribution >= 4 is 0 Å². The highest BCUT2D eigenvalue weighted by atomic mass is 16.3. The Morgan fingerprint density at radius 1 is 1.60 bits per heavy atom. The fraction of sp³-hybridized carbons (Fsp3) is 1.00. The highest BCUT2D eigenvalue weighted by molar-refractivity contribution is 4.87. The Morgan fingerprint density at radius 3 is 2.70 bits per heavy atom. The minimum absolute atomic E-state index is 0.114. The van der Waals surface area contributed by atoms with Crippen LogP contribution < -0.4 is 5.32 Å². The van der Waals surface area contributed by atoms with Crippen LogP contribution in [0.4, 0.5) is 0 Å². The van der Waals surface area contributed by atoms with Crippen LogP contribution in [0, 0.1) is 0 Å². The molecule has 60 valence electrons. The van der Waals surface area contributed by atoms with Crippen molar-refractivity contribution in [2.75, 3.05) is 0 Å². The lowest BCUT2D eigenvalue weighted by Gasteiger charge is -2.08. The zero-order valence-electron chi connectivity index (χ0n) is 6.80. The van der Waals surface area contributed by atoms with Crippen LogP contribution in [0.5, 0.6) is 0 Å². The van der Waals surface area contributed by atoms with Gasteiger partial charge >= 0.3 is 0 Å². The number of aliphatic hydroxyl groups excluding tert-OH is 1. The molecule has 0 saturated carbocycles. The quantitative estimate of drug-likeness (QED) is 0.602. The Hall–Kier alpha value is -0.0800. The van der Waals surface area contributed by atoms with Gasteiger partial charge in [0.25, 0.3) is 0 Å². The average Bonchev–Trinajstić information content (AvgIpc) is 2.14. The van der Waals surface area contributed by atoms with E-state index in [1.54, 1.807) is 0 Å². The molecular weight excluding hydrogens is 126 g/mol. The average molecular weight is 143 g/mol. The smallest absolute Gasteiger partial charge is 0.0705 e. The van der Waals surface area contributed by atoms with Gasteiger partial charge in [-0.2, -0.15) is 0 Å². The summed E-state index contributed by atoms with van der Waals surface area (Å²) in [5.41, 5.74) is 0. The van der Waals surface area contributed by atoms with Gasteiger partial charge in [-0.1, -0.05) is 13.3 Å². The zero-order chi connectivity index (χ0) is 7.56. The first-order valence-electron chi connectivity index (χ1n) is 4.18. The molecule has 0 aromatic rings. The van der Waals surface area contributed by atoms with Gasteiger partial charge in [0.2, 0.25) is 0 Å². The molecule has 0 bridgehead atoms. The second-order valence-corrected chi connectivity index (χ2v) is 3.24. The van der Waals surface area contributed by atoms with Gasteiger partial charge in [0, 0.05) is 12.1 Å². The van der Waals surface area contributed by atoms with E-state index in [0.29, 0.717) is 12.1 Å². The molecule has 1 heterocycles. The van der Waals surface area contributed by atoms with Gasteiger partial charge in [0.1, 0.15) is 0 Å². The highest BCUT2D eigenvalue weighted by Gasteiger charge is 2.27. The summed E-state index contributed by atoms with van der Waals surface area (Å²) in [7, 11) is 0. The molecule has 2 nitrogen and oxygen atoms in total. The molecule has 1 aliphatic heterocycles. The van der Waals surface area contributed by atoms with Gasteiger partial charge in [-0.05, 0) is 19.8 Å². The molecule has 1 fully saturated rings. The third-order valence-electron chi connectivity index (χ3n) is 2.24. The Kier molecular flexibility index (Phi) is 2.69. The van der Waals surface area contributed by atoms with Crippen molar-refractivity contribution in [2.45, 2.75) is 51.3 Å². The molecule has 0 unspecified atom stereocenters. The fourth-order valence-corrected chi connectivity index (χ4v) is 1.60. The monoisotopic (exact) mass is 143 g/mol. The van der Waals surface area contributed by atoms with Gasteiger partial charge in [0.05, 0.1) is 6.10 Å². The molecule has 0 radical (unpaired) electrons. The number of hydrogen-bond donors (Lipinski definition) is 2. The van der Waals surface area contributed by atoms with Crippen LogP contribution in [0.2, 0.25) is 0 Å². The van der Waals surface area contributed by atoms with Crippen molar-refractivity contribution in [3.8, 4) is 0 Å². The second-order valence-electron chi connectivity index (χ2n) is 3.24. The van der Waals surface area contributed by atoms with E-state index in [1.165, 1.54) is 12.8 Å². The maximum atomic E-state index is 9.33. The van der Waals surface area contributed by atoms with E-state index in [1.807, 2.05) is 6.92 Å².